The summed E-state index contributed by atoms with van der Waals surface area (Å²) >= 11 is 0. The third-order valence-electron chi connectivity index (χ3n) is 4.70. The van der Waals surface area contributed by atoms with Crippen molar-refractivity contribution in [3.8, 4) is 11.5 Å². The highest BCUT2D eigenvalue weighted by Gasteiger charge is 2.09. The normalized spacial score (nSPS) is 11.9. The summed E-state index contributed by atoms with van der Waals surface area (Å²) in [6, 6.07) is 21.8. The first-order chi connectivity index (χ1) is 15.2. The molecule has 4 aromatic carbocycles. The van der Waals surface area contributed by atoms with E-state index in [0.717, 1.165) is 21.5 Å². The van der Waals surface area contributed by atoms with Crippen LogP contribution >= 0.6 is 0 Å². The molecule has 9 nitrogen and oxygen atoms in total. The van der Waals surface area contributed by atoms with Crippen LogP contribution in [0.4, 0.5) is 23.3 Å². The lowest BCUT2D eigenvalue weighted by molar-refractivity contribution is 0.476. The maximum absolute atomic E-state index is 10.2. The molecular formula is C22H15N7O2. The molecule has 1 aromatic heterocycles. The number of nitrogens with one attached hydrogen (secondary N) is 1. The number of phenolic OH excluding ortho intramolecular Hbond substituents is 2. The van der Waals surface area contributed by atoms with E-state index >= 15 is 0 Å². The number of hydrogen-bond acceptors (Lipinski definition) is 8. The second-order valence-corrected chi connectivity index (χ2v) is 6.67. The van der Waals surface area contributed by atoms with Crippen LogP contribution in [-0.4, -0.2) is 25.4 Å². The molecule has 5 rings (SSSR count). The van der Waals surface area contributed by atoms with Crippen LogP contribution in [0.5, 0.6) is 11.5 Å². The van der Waals surface area contributed by atoms with Gasteiger partial charge in [0.1, 0.15) is 22.9 Å². The third kappa shape index (κ3) is 3.55. The van der Waals surface area contributed by atoms with Gasteiger partial charge in [-0.1, -0.05) is 60.7 Å². The van der Waals surface area contributed by atoms with Crippen molar-refractivity contribution in [2.45, 2.75) is 0 Å². The quantitative estimate of drug-likeness (QED) is 0.298. The van der Waals surface area contributed by atoms with Crippen molar-refractivity contribution in [3.05, 3.63) is 72.8 Å². The topological polar surface area (TPSA) is 131 Å². The van der Waals surface area contributed by atoms with Crippen LogP contribution in [0.2, 0.25) is 0 Å². The number of aromatic amines is 1. The number of aromatic hydroxyl groups is 2. The van der Waals surface area contributed by atoms with Gasteiger partial charge < -0.3 is 10.2 Å². The molecule has 0 unspecified atom stereocenters. The van der Waals surface area contributed by atoms with Crippen molar-refractivity contribution in [2.24, 2.45) is 20.5 Å². The van der Waals surface area contributed by atoms with Gasteiger partial charge in [0.2, 0.25) is 0 Å². The molecule has 0 radical (unpaired) electrons. The van der Waals surface area contributed by atoms with E-state index in [1.54, 1.807) is 24.3 Å². The van der Waals surface area contributed by atoms with Crippen LogP contribution in [0.3, 0.4) is 0 Å². The number of nitrogens with zero attached hydrogens (tertiary/aromatic N) is 6. The van der Waals surface area contributed by atoms with Gasteiger partial charge in [-0.15, -0.1) is 25.6 Å². The lowest BCUT2D eigenvalue weighted by Gasteiger charge is -2.02. The summed E-state index contributed by atoms with van der Waals surface area (Å²) < 4.78 is 0. The van der Waals surface area contributed by atoms with E-state index in [4.69, 9.17) is 0 Å². The van der Waals surface area contributed by atoms with Gasteiger partial charge in [-0.25, -0.2) is 5.10 Å². The second-order valence-electron chi connectivity index (χ2n) is 6.67. The van der Waals surface area contributed by atoms with Gasteiger partial charge in [-0.3, -0.25) is 0 Å². The highest BCUT2D eigenvalue weighted by molar-refractivity contribution is 5.95. The standard InChI is InChI=1S/C22H15N7O2/c30-17-11-9-13-5-1-3-7-15(13)19(17)24-26-21-23-22(29-28-21)27-25-20-16-8-4-2-6-14(16)10-12-18(20)31/h1-12,30-31H,(H,23,28,29). The molecule has 0 saturated carbocycles. The summed E-state index contributed by atoms with van der Waals surface area (Å²) in [6.07, 6.45) is 0. The molecule has 31 heavy (non-hydrogen) atoms. The Bertz CT molecular complexity index is 1360. The van der Waals surface area contributed by atoms with Crippen LogP contribution < -0.4 is 0 Å². The van der Waals surface area contributed by atoms with Crippen molar-refractivity contribution >= 4 is 44.8 Å². The minimum Gasteiger partial charge on any atom is -0.506 e. The fraction of sp³-hybridized carbons (Fsp3) is 0. The molecule has 3 N–H and O–H groups in total. The number of benzene rings is 4. The monoisotopic (exact) mass is 409 g/mol. The SMILES string of the molecule is Oc1ccc2ccccc2c1N=Nc1n[nH]c(N=Nc2c(O)ccc3ccccc23)n1. The molecule has 0 aliphatic rings. The molecule has 0 aliphatic carbocycles. The van der Waals surface area contributed by atoms with Crippen LogP contribution in [0.25, 0.3) is 21.5 Å². The molecule has 0 aliphatic heterocycles. The largest absolute Gasteiger partial charge is 0.506 e. The number of phenols is 2. The molecule has 150 valence electrons. The fourth-order valence-corrected chi connectivity index (χ4v) is 3.22. The van der Waals surface area contributed by atoms with E-state index in [0.29, 0.717) is 11.4 Å². The molecule has 0 bridgehead atoms. The number of rotatable bonds is 4. The fourth-order valence-electron chi connectivity index (χ4n) is 3.22. The molecule has 0 fully saturated rings. The van der Waals surface area contributed by atoms with E-state index in [9.17, 15) is 10.2 Å². The first-order valence-electron chi connectivity index (χ1n) is 9.36. The third-order valence-corrected chi connectivity index (χ3v) is 4.70. The summed E-state index contributed by atoms with van der Waals surface area (Å²) in [5, 5.41) is 46.5. The Hall–Kier alpha value is -4.66. The van der Waals surface area contributed by atoms with Crippen molar-refractivity contribution in [2.75, 3.05) is 0 Å². The minimum absolute atomic E-state index is 0.00401. The number of fused-ring (bicyclic) bond motifs is 2. The molecule has 9 heteroatoms. The number of hydrogen-bond donors (Lipinski definition) is 3. The molecular weight excluding hydrogens is 394 g/mol. The van der Waals surface area contributed by atoms with Gasteiger partial charge in [-0.2, -0.15) is 4.98 Å². The van der Waals surface area contributed by atoms with Gasteiger partial charge in [0.15, 0.2) is 0 Å². The summed E-state index contributed by atoms with van der Waals surface area (Å²) in [4.78, 5) is 4.11. The molecule has 0 atom stereocenters. The average molecular weight is 409 g/mol. The van der Waals surface area contributed by atoms with E-state index in [2.05, 4.69) is 35.6 Å². The lowest BCUT2D eigenvalue weighted by atomic mass is 10.1. The van der Waals surface area contributed by atoms with E-state index < -0.39 is 0 Å². The van der Waals surface area contributed by atoms with E-state index in [1.807, 2.05) is 48.5 Å². The Morgan fingerprint density at radius 3 is 1.77 bits per heavy atom. The Kier molecular flexibility index (Phi) is 4.53. The van der Waals surface area contributed by atoms with Crippen molar-refractivity contribution < 1.29 is 10.2 Å². The maximum atomic E-state index is 10.2. The lowest BCUT2D eigenvalue weighted by Crippen LogP contribution is -1.75. The molecule has 1 heterocycles. The Labute approximate surface area is 175 Å². The van der Waals surface area contributed by atoms with E-state index in [-0.39, 0.29) is 23.4 Å². The van der Waals surface area contributed by atoms with Gasteiger partial charge in [-0.05, 0) is 22.9 Å². The average Bonchev–Trinajstić information content (AvgIpc) is 3.25. The first kappa shape index (κ1) is 18.4. The number of H-pyrrole nitrogens is 1. The van der Waals surface area contributed by atoms with Crippen molar-refractivity contribution in [1.29, 1.82) is 0 Å². The minimum atomic E-state index is 0.00401. The molecule has 0 spiro atoms. The van der Waals surface area contributed by atoms with Gasteiger partial charge in [0, 0.05) is 10.8 Å². The Balaban J connectivity index is 1.43. The molecule has 0 saturated heterocycles. The van der Waals surface area contributed by atoms with Gasteiger partial charge in [0.25, 0.3) is 11.9 Å². The van der Waals surface area contributed by atoms with E-state index in [1.165, 1.54) is 0 Å². The van der Waals surface area contributed by atoms with Crippen LogP contribution in [0, 0.1) is 0 Å². The molecule has 5 aromatic rings. The number of azo groups is 2. The van der Waals surface area contributed by atoms with Crippen LogP contribution in [0.15, 0.2) is 93.3 Å². The highest BCUT2D eigenvalue weighted by atomic mass is 16.3. The zero-order valence-electron chi connectivity index (χ0n) is 16.0. The van der Waals surface area contributed by atoms with Crippen LogP contribution in [-0.2, 0) is 0 Å². The van der Waals surface area contributed by atoms with Crippen LogP contribution in [0.1, 0.15) is 0 Å². The summed E-state index contributed by atoms with van der Waals surface area (Å²) in [5.41, 5.74) is 0.658. The first-order valence-corrected chi connectivity index (χ1v) is 9.36. The predicted octanol–water partition coefficient (Wildman–Crippen LogP) is 6.35. The zero-order chi connectivity index (χ0) is 21.2. The highest BCUT2D eigenvalue weighted by Crippen LogP contribution is 2.37. The zero-order valence-corrected chi connectivity index (χ0v) is 16.0. The second kappa shape index (κ2) is 7.64. The Morgan fingerprint density at radius 1 is 0.613 bits per heavy atom. The Morgan fingerprint density at radius 2 is 1.16 bits per heavy atom. The summed E-state index contributed by atoms with van der Waals surface area (Å²) in [7, 11) is 0. The van der Waals surface area contributed by atoms with Crippen molar-refractivity contribution in [1.82, 2.24) is 15.2 Å². The smallest absolute Gasteiger partial charge is 0.289 e. The van der Waals surface area contributed by atoms with Gasteiger partial charge >= 0.3 is 0 Å². The van der Waals surface area contributed by atoms with Gasteiger partial charge in [0.05, 0.1) is 0 Å². The molecule has 0 amide bonds. The number of aromatic nitrogens is 3. The summed E-state index contributed by atoms with van der Waals surface area (Å²) in [5.74, 6) is 0.143. The maximum Gasteiger partial charge on any atom is 0.289 e. The summed E-state index contributed by atoms with van der Waals surface area (Å²) in [6.45, 7) is 0. The predicted molar refractivity (Wildman–Crippen MR) is 116 cm³/mol. The van der Waals surface area contributed by atoms with Crippen molar-refractivity contribution in [3.63, 3.8) is 0 Å².